The number of carbonyl (C=O) groups excluding carboxylic acids is 1. The van der Waals surface area contributed by atoms with Crippen LogP contribution in [0.15, 0.2) is 34.1 Å². The van der Waals surface area contributed by atoms with Crippen molar-refractivity contribution in [1.29, 1.82) is 0 Å². The zero-order chi connectivity index (χ0) is 16.4. The molecule has 0 aliphatic heterocycles. The standard InChI is InChI=1S/C18H20N2O2S/c1-17(2)10-8-9-18(17,3)14(13(10)21)23-16-15(22)19-11-6-4-5-7-12(11)20-16/h4-7,10,14H,8-9H2,1-3H3,(H,19,22)/t10-,14-,18-/m0/s1. The molecule has 4 nitrogen and oxygen atoms in total. The molecule has 2 saturated carbocycles. The summed E-state index contributed by atoms with van der Waals surface area (Å²) in [6.07, 6.45) is 2.01. The molecule has 23 heavy (non-hydrogen) atoms. The maximum Gasteiger partial charge on any atom is 0.280 e. The van der Waals surface area contributed by atoms with Crippen LogP contribution >= 0.6 is 11.8 Å². The zero-order valence-electron chi connectivity index (χ0n) is 13.6. The average molecular weight is 328 g/mol. The first-order chi connectivity index (χ1) is 10.8. The number of rotatable bonds is 2. The first kappa shape index (κ1) is 14.9. The number of carbonyl (C=O) groups is 1. The van der Waals surface area contributed by atoms with Crippen molar-refractivity contribution in [3.8, 4) is 0 Å². The minimum Gasteiger partial charge on any atom is -0.318 e. The Kier molecular flexibility index (Phi) is 3.05. The SMILES string of the molecule is CC1(C)[C@H]2CC[C@@]1(C)[C@@H](Sc1nc3ccccc3[nH]c1=O)C2=O. The Morgan fingerprint density at radius 1 is 1.22 bits per heavy atom. The largest absolute Gasteiger partial charge is 0.318 e. The van der Waals surface area contributed by atoms with Crippen molar-refractivity contribution in [1.82, 2.24) is 9.97 Å². The van der Waals surface area contributed by atoms with Gasteiger partial charge < -0.3 is 4.98 Å². The summed E-state index contributed by atoms with van der Waals surface area (Å²) in [6, 6.07) is 7.49. The fourth-order valence-corrected chi connectivity index (χ4v) is 5.88. The van der Waals surface area contributed by atoms with Crippen molar-refractivity contribution in [2.45, 2.75) is 43.9 Å². The highest BCUT2D eigenvalue weighted by atomic mass is 32.2. The molecule has 2 bridgehead atoms. The monoisotopic (exact) mass is 328 g/mol. The van der Waals surface area contributed by atoms with E-state index in [9.17, 15) is 9.59 Å². The van der Waals surface area contributed by atoms with E-state index in [1.54, 1.807) is 0 Å². The quantitative estimate of drug-likeness (QED) is 0.917. The maximum absolute atomic E-state index is 12.8. The second-order valence-electron chi connectivity index (χ2n) is 7.52. The van der Waals surface area contributed by atoms with E-state index in [1.807, 2.05) is 24.3 Å². The Balaban J connectivity index is 1.76. The van der Waals surface area contributed by atoms with Crippen LogP contribution in [0.3, 0.4) is 0 Å². The van der Waals surface area contributed by atoms with E-state index in [0.29, 0.717) is 10.8 Å². The summed E-state index contributed by atoms with van der Waals surface area (Å²) in [5, 5.41) is 0.234. The third kappa shape index (κ3) is 1.89. The van der Waals surface area contributed by atoms with Gasteiger partial charge in [-0.2, -0.15) is 0 Å². The number of para-hydroxylation sites is 2. The number of fused-ring (bicyclic) bond motifs is 3. The molecule has 1 heterocycles. The number of aromatic amines is 1. The Bertz CT molecular complexity index is 873. The molecule has 0 amide bonds. The number of hydrogen-bond donors (Lipinski definition) is 1. The summed E-state index contributed by atoms with van der Waals surface area (Å²) in [7, 11) is 0. The van der Waals surface area contributed by atoms with Crippen LogP contribution in [0.1, 0.15) is 33.6 Å². The van der Waals surface area contributed by atoms with Gasteiger partial charge in [0.2, 0.25) is 0 Å². The molecule has 120 valence electrons. The van der Waals surface area contributed by atoms with Crippen LogP contribution in [0.4, 0.5) is 0 Å². The number of ketones is 1. The summed E-state index contributed by atoms with van der Waals surface area (Å²) in [4.78, 5) is 32.5. The molecule has 1 aromatic carbocycles. The molecular formula is C18H20N2O2S. The molecule has 1 N–H and O–H groups in total. The van der Waals surface area contributed by atoms with Gasteiger partial charge in [-0.25, -0.2) is 4.98 Å². The molecule has 2 fully saturated rings. The fourth-order valence-electron chi connectivity index (χ4n) is 4.38. The second kappa shape index (κ2) is 4.69. The number of hydrogen-bond acceptors (Lipinski definition) is 4. The zero-order valence-corrected chi connectivity index (χ0v) is 14.4. The van der Waals surface area contributed by atoms with Crippen molar-refractivity contribution < 1.29 is 4.79 Å². The highest BCUT2D eigenvalue weighted by Gasteiger charge is 2.66. The Morgan fingerprint density at radius 2 is 1.96 bits per heavy atom. The molecule has 4 rings (SSSR count). The van der Waals surface area contributed by atoms with Crippen molar-refractivity contribution >= 4 is 28.6 Å². The van der Waals surface area contributed by atoms with E-state index in [2.05, 4.69) is 30.7 Å². The van der Waals surface area contributed by atoms with Gasteiger partial charge in [-0.3, -0.25) is 9.59 Å². The van der Waals surface area contributed by atoms with Gasteiger partial charge in [-0.1, -0.05) is 44.7 Å². The number of benzene rings is 1. The topological polar surface area (TPSA) is 62.8 Å². The summed E-state index contributed by atoms with van der Waals surface area (Å²) >= 11 is 1.36. The van der Waals surface area contributed by atoms with Crippen LogP contribution in [-0.4, -0.2) is 21.0 Å². The molecule has 1 aromatic heterocycles. The molecule has 5 heteroatoms. The van der Waals surface area contributed by atoms with Gasteiger partial charge in [0.1, 0.15) is 5.78 Å². The molecule has 0 radical (unpaired) electrons. The Labute approximate surface area is 139 Å². The third-order valence-corrected chi connectivity index (χ3v) is 7.76. The Morgan fingerprint density at radius 3 is 2.65 bits per heavy atom. The van der Waals surface area contributed by atoms with E-state index in [0.717, 1.165) is 23.9 Å². The lowest BCUT2D eigenvalue weighted by Crippen LogP contribution is -2.36. The van der Waals surface area contributed by atoms with E-state index in [-0.39, 0.29) is 27.6 Å². The molecule has 2 aromatic rings. The van der Waals surface area contributed by atoms with Crippen LogP contribution in [0, 0.1) is 16.7 Å². The summed E-state index contributed by atoms with van der Waals surface area (Å²) < 4.78 is 0. The van der Waals surface area contributed by atoms with Gasteiger partial charge in [0.15, 0.2) is 5.03 Å². The lowest BCUT2D eigenvalue weighted by Gasteiger charge is -2.37. The van der Waals surface area contributed by atoms with Crippen molar-refractivity contribution in [2.24, 2.45) is 16.7 Å². The van der Waals surface area contributed by atoms with Crippen molar-refractivity contribution in [3.63, 3.8) is 0 Å². The number of H-pyrrole nitrogens is 1. The summed E-state index contributed by atoms with van der Waals surface area (Å²) in [5.74, 6) is 0.410. The van der Waals surface area contributed by atoms with Crippen molar-refractivity contribution in [3.05, 3.63) is 34.6 Å². The maximum atomic E-state index is 12.8. The minimum atomic E-state index is -0.203. The lowest BCUT2D eigenvalue weighted by molar-refractivity contribution is -0.122. The molecular weight excluding hydrogens is 308 g/mol. The van der Waals surface area contributed by atoms with Crippen LogP contribution in [0.5, 0.6) is 0 Å². The molecule has 2 aliphatic rings. The molecule has 0 saturated heterocycles. The van der Waals surface area contributed by atoms with E-state index < -0.39 is 0 Å². The minimum absolute atomic E-state index is 0.00857. The number of nitrogens with one attached hydrogen (secondary N) is 1. The second-order valence-corrected chi connectivity index (χ2v) is 8.61. The summed E-state index contributed by atoms with van der Waals surface area (Å²) in [6.45, 7) is 6.59. The van der Waals surface area contributed by atoms with Crippen LogP contribution < -0.4 is 5.56 Å². The lowest BCUT2D eigenvalue weighted by atomic mass is 9.71. The van der Waals surface area contributed by atoms with Gasteiger partial charge >= 0.3 is 0 Å². The normalized spacial score (nSPS) is 31.9. The predicted molar refractivity (Wildman–Crippen MR) is 91.6 cm³/mol. The number of Topliss-reactive ketones (excluding diaryl/α,β-unsaturated/α-hetero) is 1. The van der Waals surface area contributed by atoms with Crippen LogP contribution in [0.2, 0.25) is 0 Å². The fraction of sp³-hybridized carbons (Fsp3) is 0.500. The third-order valence-electron chi connectivity index (χ3n) is 6.27. The predicted octanol–water partition coefficient (Wildman–Crippen LogP) is 3.41. The number of nitrogens with zero attached hydrogens (tertiary/aromatic N) is 1. The number of aromatic nitrogens is 2. The molecule has 2 aliphatic carbocycles. The highest BCUT2D eigenvalue weighted by Crippen LogP contribution is 2.66. The molecule has 0 unspecified atom stereocenters. The average Bonchev–Trinajstić information content (AvgIpc) is 2.81. The van der Waals surface area contributed by atoms with Gasteiger partial charge in [-0.05, 0) is 35.8 Å². The van der Waals surface area contributed by atoms with E-state index >= 15 is 0 Å². The van der Waals surface area contributed by atoms with Gasteiger partial charge in [0.05, 0.1) is 16.3 Å². The van der Waals surface area contributed by atoms with Crippen LogP contribution in [0.25, 0.3) is 11.0 Å². The summed E-state index contributed by atoms with van der Waals surface area (Å²) in [5.41, 5.74) is 1.21. The van der Waals surface area contributed by atoms with Crippen molar-refractivity contribution in [2.75, 3.05) is 0 Å². The first-order valence-electron chi connectivity index (χ1n) is 8.04. The van der Waals surface area contributed by atoms with Crippen LogP contribution in [-0.2, 0) is 4.79 Å². The molecule has 3 atom stereocenters. The van der Waals surface area contributed by atoms with E-state index in [1.165, 1.54) is 11.8 Å². The smallest absolute Gasteiger partial charge is 0.280 e. The number of thioether (sulfide) groups is 1. The van der Waals surface area contributed by atoms with Gasteiger partial charge in [-0.15, -0.1) is 0 Å². The van der Waals surface area contributed by atoms with Gasteiger partial charge in [0.25, 0.3) is 5.56 Å². The molecule has 0 spiro atoms. The highest BCUT2D eigenvalue weighted by molar-refractivity contribution is 8.00. The first-order valence-corrected chi connectivity index (χ1v) is 8.92. The Hall–Kier alpha value is -1.62. The van der Waals surface area contributed by atoms with Gasteiger partial charge in [0, 0.05) is 5.92 Å². The van der Waals surface area contributed by atoms with E-state index in [4.69, 9.17) is 0 Å².